The first-order chi connectivity index (χ1) is 14.3. The monoisotopic (exact) mass is 460 g/mol. The number of nitrogens with one attached hydrogen (secondary N) is 1. The number of anilines is 1. The zero-order valence-corrected chi connectivity index (χ0v) is 17.3. The number of nitrogens with zero attached hydrogens (tertiary/aromatic N) is 1. The van der Waals surface area contributed by atoms with Gasteiger partial charge in [-0.15, -0.1) is 0 Å². The molecule has 0 bridgehead atoms. The summed E-state index contributed by atoms with van der Waals surface area (Å²) in [5.41, 5.74) is 0.832. The van der Waals surface area contributed by atoms with Crippen LogP contribution in [0.15, 0.2) is 64.6 Å². The fourth-order valence-corrected chi connectivity index (χ4v) is 3.44. The Labute approximate surface area is 185 Å². The van der Waals surface area contributed by atoms with Crippen molar-refractivity contribution in [3.05, 3.63) is 81.8 Å². The Morgan fingerprint density at radius 2 is 1.73 bits per heavy atom. The molecule has 0 unspecified atom stereocenters. The van der Waals surface area contributed by atoms with Crippen molar-refractivity contribution in [2.45, 2.75) is 0 Å². The second kappa shape index (κ2) is 8.02. The van der Waals surface area contributed by atoms with E-state index in [4.69, 9.17) is 39.8 Å². The summed E-state index contributed by atoms with van der Waals surface area (Å²) in [7, 11) is 0. The summed E-state index contributed by atoms with van der Waals surface area (Å²) < 4.78 is 19.0. The highest BCUT2D eigenvalue weighted by atomic mass is 35.5. The molecule has 5 nitrogen and oxygen atoms in total. The van der Waals surface area contributed by atoms with Crippen molar-refractivity contribution >= 4 is 64.1 Å². The van der Waals surface area contributed by atoms with Crippen LogP contribution in [0.25, 0.3) is 17.4 Å². The van der Waals surface area contributed by atoms with E-state index in [2.05, 4.69) is 5.32 Å². The first-order valence-corrected chi connectivity index (χ1v) is 9.72. The molecule has 1 fully saturated rings. The average Bonchev–Trinajstić information content (AvgIpc) is 3.17. The van der Waals surface area contributed by atoms with E-state index in [1.165, 1.54) is 30.3 Å². The third-order valence-electron chi connectivity index (χ3n) is 4.30. The molecule has 2 amide bonds. The molecule has 0 spiro atoms. The lowest BCUT2D eigenvalue weighted by Crippen LogP contribution is -2.54. The minimum atomic E-state index is -0.657. The third-order valence-corrected chi connectivity index (χ3v) is 5.33. The molecule has 150 valence electrons. The number of thiocarbonyl (C=S) groups is 1. The van der Waals surface area contributed by atoms with Crippen molar-refractivity contribution in [1.82, 2.24) is 5.32 Å². The van der Waals surface area contributed by atoms with Crippen LogP contribution >= 0.6 is 35.4 Å². The smallest absolute Gasteiger partial charge is 0.270 e. The summed E-state index contributed by atoms with van der Waals surface area (Å²) in [5.74, 6) is -1.01. The van der Waals surface area contributed by atoms with Crippen molar-refractivity contribution in [1.29, 1.82) is 0 Å². The Kier molecular flexibility index (Phi) is 5.42. The molecule has 4 rings (SSSR count). The summed E-state index contributed by atoms with van der Waals surface area (Å²) >= 11 is 17.1. The van der Waals surface area contributed by atoms with E-state index in [9.17, 15) is 14.0 Å². The maximum Gasteiger partial charge on any atom is 0.270 e. The predicted octanol–water partition coefficient (Wildman–Crippen LogP) is 5.22. The van der Waals surface area contributed by atoms with Crippen molar-refractivity contribution < 1.29 is 18.4 Å². The molecule has 2 aromatic carbocycles. The van der Waals surface area contributed by atoms with Gasteiger partial charge in [0, 0.05) is 5.56 Å². The van der Waals surface area contributed by atoms with Crippen molar-refractivity contribution in [2.75, 3.05) is 4.90 Å². The Bertz CT molecular complexity index is 1220. The first kappa shape index (κ1) is 20.3. The Morgan fingerprint density at radius 3 is 2.43 bits per heavy atom. The van der Waals surface area contributed by atoms with Crippen LogP contribution in [0.5, 0.6) is 0 Å². The highest BCUT2D eigenvalue weighted by Crippen LogP contribution is 2.30. The van der Waals surface area contributed by atoms with E-state index in [1.54, 1.807) is 30.3 Å². The van der Waals surface area contributed by atoms with Gasteiger partial charge >= 0.3 is 0 Å². The largest absolute Gasteiger partial charge is 0.457 e. The van der Waals surface area contributed by atoms with Gasteiger partial charge in [0.15, 0.2) is 5.11 Å². The number of carbonyl (C=O) groups is 2. The number of carbonyl (C=O) groups excluding carboxylic acids is 2. The quantitative estimate of drug-likeness (QED) is 0.330. The van der Waals surface area contributed by atoms with Crippen molar-refractivity contribution in [2.24, 2.45) is 0 Å². The van der Waals surface area contributed by atoms with Gasteiger partial charge in [-0.1, -0.05) is 23.2 Å². The number of benzene rings is 2. The van der Waals surface area contributed by atoms with Crippen LogP contribution < -0.4 is 10.2 Å². The number of amides is 2. The third kappa shape index (κ3) is 3.87. The zero-order valence-electron chi connectivity index (χ0n) is 15.0. The van der Waals surface area contributed by atoms with E-state index >= 15 is 0 Å². The molecule has 1 aliphatic heterocycles. The fraction of sp³-hybridized carbons (Fsp3) is 0. The molecule has 1 aliphatic rings. The van der Waals surface area contributed by atoms with Crippen LogP contribution in [-0.2, 0) is 9.59 Å². The SMILES string of the molecule is O=C1NC(=S)N(c2ccc(F)cc2)C(=O)C1=Cc1ccc(-c2ccc(Cl)c(Cl)c2)o1. The molecule has 1 aromatic heterocycles. The fourth-order valence-electron chi connectivity index (χ4n) is 2.86. The Balaban J connectivity index is 1.67. The van der Waals surface area contributed by atoms with Crippen LogP contribution in [0, 0.1) is 5.82 Å². The Morgan fingerprint density at radius 1 is 1.00 bits per heavy atom. The molecular weight excluding hydrogens is 450 g/mol. The molecule has 2 heterocycles. The van der Waals surface area contributed by atoms with Gasteiger partial charge in [-0.3, -0.25) is 19.8 Å². The maximum absolute atomic E-state index is 13.2. The standard InChI is InChI=1S/C21H11Cl2FN2O3S/c22-16-7-1-11(9-17(16)23)18-8-6-14(29-18)10-15-19(27)25-21(30)26(20(15)28)13-4-2-12(24)3-5-13/h1-10H,(H,25,27,30). The van der Waals surface area contributed by atoms with Gasteiger partial charge in [0.1, 0.15) is 22.9 Å². The van der Waals surface area contributed by atoms with Gasteiger partial charge in [-0.2, -0.15) is 0 Å². The molecule has 9 heteroatoms. The Hall–Kier alpha value is -3.00. The molecule has 1 saturated heterocycles. The lowest BCUT2D eigenvalue weighted by atomic mass is 10.1. The predicted molar refractivity (Wildman–Crippen MR) is 117 cm³/mol. The zero-order chi connectivity index (χ0) is 21.4. The topological polar surface area (TPSA) is 62.6 Å². The van der Waals surface area contributed by atoms with E-state index < -0.39 is 17.6 Å². The average molecular weight is 461 g/mol. The number of halogens is 3. The minimum Gasteiger partial charge on any atom is -0.457 e. The van der Waals surface area contributed by atoms with E-state index in [1.807, 2.05) is 0 Å². The molecule has 1 N–H and O–H groups in total. The van der Waals surface area contributed by atoms with Crippen LogP contribution in [0.2, 0.25) is 10.0 Å². The number of hydrogen-bond donors (Lipinski definition) is 1. The van der Waals surface area contributed by atoms with Gasteiger partial charge in [0.05, 0.1) is 15.7 Å². The molecule has 0 saturated carbocycles. The normalized spacial score (nSPS) is 15.6. The molecule has 0 aliphatic carbocycles. The maximum atomic E-state index is 13.2. The highest BCUT2D eigenvalue weighted by Gasteiger charge is 2.34. The summed E-state index contributed by atoms with van der Waals surface area (Å²) in [6.45, 7) is 0. The molecular formula is C21H11Cl2FN2O3S. The lowest BCUT2D eigenvalue weighted by Gasteiger charge is -2.28. The summed E-state index contributed by atoms with van der Waals surface area (Å²) in [6.07, 6.45) is 1.32. The second-order valence-corrected chi connectivity index (χ2v) is 7.47. The minimum absolute atomic E-state index is 0.0929. The van der Waals surface area contributed by atoms with Crippen LogP contribution in [0.1, 0.15) is 5.76 Å². The lowest BCUT2D eigenvalue weighted by molar-refractivity contribution is -0.122. The van der Waals surface area contributed by atoms with Gasteiger partial charge in [-0.05, 0) is 72.9 Å². The van der Waals surface area contributed by atoms with Crippen molar-refractivity contribution in [3.8, 4) is 11.3 Å². The van der Waals surface area contributed by atoms with Gasteiger partial charge in [-0.25, -0.2) is 4.39 Å². The highest BCUT2D eigenvalue weighted by molar-refractivity contribution is 7.80. The van der Waals surface area contributed by atoms with Gasteiger partial charge in [0.2, 0.25) is 0 Å². The molecule has 3 aromatic rings. The number of hydrogen-bond acceptors (Lipinski definition) is 4. The van der Waals surface area contributed by atoms with Crippen LogP contribution in [-0.4, -0.2) is 16.9 Å². The van der Waals surface area contributed by atoms with Crippen LogP contribution in [0.4, 0.5) is 10.1 Å². The number of furan rings is 1. The van der Waals surface area contributed by atoms with Crippen LogP contribution in [0.3, 0.4) is 0 Å². The molecule has 0 radical (unpaired) electrons. The van der Waals surface area contributed by atoms with E-state index in [0.717, 1.165) is 4.90 Å². The van der Waals surface area contributed by atoms with E-state index in [-0.39, 0.29) is 16.4 Å². The van der Waals surface area contributed by atoms with Gasteiger partial charge in [0.25, 0.3) is 11.8 Å². The van der Waals surface area contributed by atoms with E-state index in [0.29, 0.717) is 27.1 Å². The second-order valence-electron chi connectivity index (χ2n) is 6.27. The summed E-state index contributed by atoms with van der Waals surface area (Å²) in [6, 6.07) is 13.5. The number of rotatable bonds is 3. The summed E-state index contributed by atoms with van der Waals surface area (Å²) in [4.78, 5) is 26.4. The van der Waals surface area contributed by atoms with Crippen molar-refractivity contribution in [3.63, 3.8) is 0 Å². The summed E-state index contributed by atoms with van der Waals surface area (Å²) in [5, 5.41) is 3.15. The molecule has 30 heavy (non-hydrogen) atoms. The van der Waals surface area contributed by atoms with Gasteiger partial charge < -0.3 is 4.42 Å². The molecule has 0 atom stereocenters. The first-order valence-electron chi connectivity index (χ1n) is 8.56.